The van der Waals surface area contributed by atoms with E-state index in [1.165, 1.54) is 0 Å². The number of nitrogens with one attached hydrogen (secondary N) is 1. The van der Waals surface area contributed by atoms with Crippen molar-refractivity contribution >= 4 is 17.3 Å². The number of H-pyrrole nitrogens is 1. The van der Waals surface area contributed by atoms with Gasteiger partial charge in [0.15, 0.2) is 0 Å². The van der Waals surface area contributed by atoms with Gasteiger partial charge in [-0.15, -0.1) is 0 Å². The van der Waals surface area contributed by atoms with Gasteiger partial charge in [-0.05, 0) is 36.8 Å². The van der Waals surface area contributed by atoms with Gasteiger partial charge in [-0.1, -0.05) is 23.7 Å². The van der Waals surface area contributed by atoms with Crippen molar-refractivity contribution in [2.45, 2.75) is 19.5 Å². The summed E-state index contributed by atoms with van der Waals surface area (Å²) in [5.74, 6) is 0.637. The minimum atomic E-state index is -0.0999. The number of nitrogen functional groups attached to an aromatic ring is 1. The van der Waals surface area contributed by atoms with Gasteiger partial charge in [-0.3, -0.25) is 9.69 Å². The maximum absolute atomic E-state index is 12.5. The predicted octanol–water partition coefficient (Wildman–Crippen LogP) is 2.94. The molecular weight excluding hydrogens is 364 g/mol. The Balaban J connectivity index is 1.62. The molecule has 0 fully saturated rings. The normalized spacial score (nSPS) is 14.1. The second-order valence-electron chi connectivity index (χ2n) is 6.67. The van der Waals surface area contributed by atoms with Crippen molar-refractivity contribution in [2.75, 3.05) is 12.3 Å². The molecule has 4 N–H and O–H groups in total. The molecule has 0 atom stereocenters. The van der Waals surface area contributed by atoms with E-state index in [0.717, 1.165) is 22.4 Å². The quantitative estimate of drug-likeness (QED) is 0.605. The number of halogens is 1. The van der Waals surface area contributed by atoms with Crippen molar-refractivity contribution < 1.29 is 5.11 Å². The predicted molar refractivity (Wildman–Crippen MR) is 106 cm³/mol. The number of nitrogens with two attached hydrogens (primary N) is 1. The Hall–Kier alpha value is -2.83. The zero-order valence-electron chi connectivity index (χ0n) is 14.6. The van der Waals surface area contributed by atoms with E-state index < -0.39 is 0 Å². The third-order valence-corrected chi connectivity index (χ3v) is 5.11. The Labute approximate surface area is 161 Å². The lowest BCUT2D eigenvalue weighted by molar-refractivity contribution is 0.237. The Bertz CT molecular complexity index is 1050. The first kappa shape index (κ1) is 17.6. The molecular formula is C20H19ClN4O2. The molecule has 1 aliphatic heterocycles. The molecule has 7 heteroatoms. The van der Waals surface area contributed by atoms with Gasteiger partial charge in [-0.2, -0.15) is 0 Å². The van der Waals surface area contributed by atoms with Crippen LogP contribution in [0.2, 0.25) is 5.02 Å². The average molecular weight is 383 g/mol. The van der Waals surface area contributed by atoms with E-state index in [4.69, 9.17) is 17.3 Å². The minimum Gasteiger partial charge on any atom is -0.506 e. The zero-order valence-corrected chi connectivity index (χ0v) is 15.3. The SMILES string of the molecule is Nc1ccc(-c2nc3c(c(=O)[nH]2)CCN(Cc2cccc(Cl)c2O)C3)cc1. The highest BCUT2D eigenvalue weighted by Crippen LogP contribution is 2.29. The molecule has 138 valence electrons. The molecule has 0 radical (unpaired) electrons. The van der Waals surface area contributed by atoms with Crippen molar-refractivity contribution in [1.29, 1.82) is 0 Å². The number of nitrogens with zero attached hydrogens (tertiary/aromatic N) is 2. The average Bonchev–Trinajstić information content (AvgIpc) is 2.66. The number of aromatic hydroxyl groups is 1. The number of benzene rings is 2. The molecule has 2 aromatic carbocycles. The van der Waals surface area contributed by atoms with Crippen LogP contribution in [-0.4, -0.2) is 26.5 Å². The number of rotatable bonds is 3. The standard InChI is InChI=1S/C20H19ClN4O2/c21-16-3-1-2-13(18(16)26)10-25-9-8-15-17(11-25)23-19(24-20(15)27)12-4-6-14(22)7-5-12/h1-7,26H,8-11,22H2,(H,23,24,27). The van der Waals surface area contributed by atoms with E-state index >= 15 is 0 Å². The van der Waals surface area contributed by atoms with Crippen LogP contribution in [0.25, 0.3) is 11.4 Å². The molecule has 1 aromatic heterocycles. The number of hydrogen-bond donors (Lipinski definition) is 3. The van der Waals surface area contributed by atoms with Crippen molar-refractivity contribution in [3.8, 4) is 17.1 Å². The Morgan fingerprint density at radius 2 is 2.00 bits per heavy atom. The minimum absolute atomic E-state index is 0.0999. The molecule has 6 nitrogen and oxygen atoms in total. The number of fused-ring (bicyclic) bond motifs is 1. The second kappa shape index (κ2) is 7.06. The molecule has 0 saturated carbocycles. The van der Waals surface area contributed by atoms with Crippen LogP contribution in [0.4, 0.5) is 5.69 Å². The van der Waals surface area contributed by atoms with Crippen molar-refractivity contribution in [1.82, 2.24) is 14.9 Å². The Kier molecular flexibility index (Phi) is 4.59. The third-order valence-electron chi connectivity index (χ3n) is 4.80. The number of aromatic amines is 1. The lowest BCUT2D eigenvalue weighted by Crippen LogP contribution is -2.35. The fourth-order valence-corrected chi connectivity index (χ4v) is 3.53. The van der Waals surface area contributed by atoms with Crippen LogP contribution in [0.15, 0.2) is 47.3 Å². The number of aromatic nitrogens is 2. The monoisotopic (exact) mass is 382 g/mol. The lowest BCUT2D eigenvalue weighted by Gasteiger charge is -2.28. The van der Waals surface area contributed by atoms with Gasteiger partial charge < -0.3 is 15.8 Å². The summed E-state index contributed by atoms with van der Waals surface area (Å²) < 4.78 is 0. The van der Waals surface area contributed by atoms with Crippen molar-refractivity contribution in [3.05, 3.63) is 74.7 Å². The maximum Gasteiger partial charge on any atom is 0.254 e. The highest BCUT2D eigenvalue weighted by atomic mass is 35.5. The van der Waals surface area contributed by atoms with Crippen molar-refractivity contribution in [2.24, 2.45) is 0 Å². The summed E-state index contributed by atoms with van der Waals surface area (Å²) in [7, 11) is 0. The lowest BCUT2D eigenvalue weighted by atomic mass is 10.0. The molecule has 0 unspecified atom stereocenters. The maximum atomic E-state index is 12.5. The molecule has 1 aliphatic rings. The summed E-state index contributed by atoms with van der Waals surface area (Å²) >= 11 is 6.00. The smallest absolute Gasteiger partial charge is 0.254 e. The summed E-state index contributed by atoms with van der Waals surface area (Å²) in [5, 5.41) is 10.5. The molecule has 0 bridgehead atoms. The molecule has 0 aliphatic carbocycles. The van der Waals surface area contributed by atoms with Crippen LogP contribution in [0.3, 0.4) is 0 Å². The molecule has 2 heterocycles. The Morgan fingerprint density at radius 3 is 2.78 bits per heavy atom. The van der Waals surface area contributed by atoms with E-state index in [0.29, 0.717) is 42.6 Å². The van der Waals surface area contributed by atoms with E-state index in [1.807, 2.05) is 24.3 Å². The summed E-state index contributed by atoms with van der Waals surface area (Å²) in [6.07, 6.45) is 0.612. The third kappa shape index (κ3) is 3.54. The van der Waals surface area contributed by atoms with Crippen LogP contribution in [0.1, 0.15) is 16.8 Å². The molecule has 3 aromatic rings. The molecule has 4 rings (SSSR count). The first-order chi connectivity index (χ1) is 13.0. The van der Waals surface area contributed by atoms with Crippen LogP contribution in [0.5, 0.6) is 5.75 Å². The first-order valence-electron chi connectivity index (χ1n) is 8.68. The fraction of sp³-hybridized carbons (Fsp3) is 0.200. The van der Waals surface area contributed by atoms with E-state index in [9.17, 15) is 9.90 Å². The van der Waals surface area contributed by atoms with Gasteiger partial charge in [0.05, 0.1) is 10.7 Å². The zero-order chi connectivity index (χ0) is 19.0. The van der Waals surface area contributed by atoms with Gasteiger partial charge in [0.1, 0.15) is 11.6 Å². The summed E-state index contributed by atoms with van der Waals surface area (Å²) in [6.45, 7) is 1.79. The molecule has 0 amide bonds. The van der Waals surface area contributed by atoms with Gasteiger partial charge >= 0.3 is 0 Å². The first-order valence-corrected chi connectivity index (χ1v) is 9.06. The topological polar surface area (TPSA) is 95.2 Å². The summed E-state index contributed by atoms with van der Waals surface area (Å²) in [6, 6.07) is 12.6. The van der Waals surface area contributed by atoms with Crippen LogP contribution in [0, 0.1) is 0 Å². The second-order valence-corrected chi connectivity index (χ2v) is 7.08. The van der Waals surface area contributed by atoms with Crippen LogP contribution < -0.4 is 11.3 Å². The fourth-order valence-electron chi connectivity index (χ4n) is 3.33. The molecule has 27 heavy (non-hydrogen) atoms. The molecule has 0 spiro atoms. The van der Waals surface area contributed by atoms with Crippen molar-refractivity contribution in [3.63, 3.8) is 0 Å². The van der Waals surface area contributed by atoms with E-state index in [2.05, 4.69) is 14.9 Å². The van der Waals surface area contributed by atoms with Gasteiger partial charge in [0.2, 0.25) is 0 Å². The number of phenolic OH excluding ortho intramolecular Hbond substituents is 1. The summed E-state index contributed by atoms with van der Waals surface area (Å²) in [5.41, 5.74) is 9.35. The van der Waals surface area contributed by atoms with E-state index in [1.54, 1.807) is 18.2 Å². The van der Waals surface area contributed by atoms with E-state index in [-0.39, 0.29) is 11.3 Å². The number of anilines is 1. The van der Waals surface area contributed by atoms with Crippen LogP contribution in [-0.2, 0) is 19.5 Å². The summed E-state index contributed by atoms with van der Waals surface area (Å²) in [4.78, 5) is 22.2. The van der Waals surface area contributed by atoms with Gasteiger partial charge in [-0.25, -0.2) is 4.98 Å². The van der Waals surface area contributed by atoms with Gasteiger partial charge in [0.25, 0.3) is 5.56 Å². The Morgan fingerprint density at radius 1 is 1.22 bits per heavy atom. The number of para-hydroxylation sites is 1. The largest absolute Gasteiger partial charge is 0.506 e. The number of hydrogen-bond acceptors (Lipinski definition) is 5. The highest BCUT2D eigenvalue weighted by molar-refractivity contribution is 6.32. The van der Waals surface area contributed by atoms with Gasteiger partial charge in [0, 0.05) is 42.0 Å². The van der Waals surface area contributed by atoms with Crippen LogP contribution >= 0.6 is 11.6 Å². The molecule has 0 saturated heterocycles. The number of phenols is 1. The highest BCUT2D eigenvalue weighted by Gasteiger charge is 2.22.